The Morgan fingerprint density at radius 1 is 0.404 bits per heavy atom. The molecule has 0 atom stereocenters. The molecule has 0 aliphatic carbocycles. The van der Waals surface area contributed by atoms with Crippen LogP contribution in [0.25, 0.3) is 63.3 Å². The third kappa shape index (κ3) is 5.52. The van der Waals surface area contributed by atoms with E-state index in [1.807, 2.05) is 11.3 Å². The molecular formula is C50H45NS. The molecule has 0 radical (unpaired) electrons. The van der Waals surface area contributed by atoms with Crippen molar-refractivity contribution in [2.24, 2.45) is 11.8 Å². The quantitative estimate of drug-likeness (QED) is 0.136. The summed E-state index contributed by atoms with van der Waals surface area (Å²) in [6.07, 6.45) is 4.25. The average molecular weight is 692 g/mol. The van der Waals surface area contributed by atoms with Crippen molar-refractivity contribution in [2.45, 2.75) is 53.4 Å². The summed E-state index contributed by atoms with van der Waals surface area (Å²) in [5.41, 5.74) is 6.73. The Morgan fingerprint density at radius 2 is 0.788 bits per heavy atom. The van der Waals surface area contributed by atoms with Gasteiger partial charge in [0.1, 0.15) is 0 Å². The van der Waals surface area contributed by atoms with Gasteiger partial charge in [0.2, 0.25) is 0 Å². The maximum atomic E-state index is 2.71. The van der Waals surface area contributed by atoms with Gasteiger partial charge in [-0.05, 0) is 105 Å². The summed E-state index contributed by atoms with van der Waals surface area (Å²) in [5, 5.41) is 13.3. The van der Waals surface area contributed by atoms with Crippen molar-refractivity contribution in [1.82, 2.24) is 0 Å². The molecule has 2 heteroatoms. The zero-order valence-electron chi connectivity index (χ0n) is 30.6. The minimum absolute atomic E-state index is 0.586. The molecule has 1 heterocycles. The molecule has 8 aromatic carbocycles. The number of aryl methyl sites for hydroxylation is 2. The zero-order chi connectivity index (χ0) is 35.3. The van der Waals surface area contributed by atoms with Crippen molar-refractivity contribution in [3.8, 4) is 0 Å². The maximum Gasteiger partial charge on any atom is 0.0578 e. The van der Waals surface area contributed by atoms with Crippen LogP contribution < -0.4 is 4.90 Å². The number of thiophene rings is 1. The second-order valence-electron chi connectivity index (χ2n) is 15.3. The number of fused-ring (bicyclic) bond motifs is 9. The minimum atomic E-state index is 0.586. The first-order chi connectivity index (χ1) is 25.5. The van der Waals surface area contributed by atoms with Gasteiger partial charge in [-0.25, -0.2) is 0 Å². The van der Waals surface area contributed by atoms with Gasteiger partial charge in [0.25, 0.3) is 0 Å². The van der Waals surface area contributed by atoms with Gasteiger partial charge in [0.15, 0.2) is 0 Å². The van der Waals surface area contributed by atoms with Crippen LogP contribution in [0.4, 0.5) is 17.1 Å². The largest absolute Gasteiger partial charge is 0.309 e. The van der Waals surface area contributed by atoms with E-state index in [-0.39, 0.29) is 0 Å². The molecule has 0 saturated heterocycles. The predicted octanol–water partition coefficient (Wildman–Crippen LogP) is 15.3. The summed E-state index contributed by atoms with van der Waals surface area (Å²) in [6, 6.07) is 52.7. The zero-order valence-corrected chi connectivity index (χ0v) is 31.4. The monoisotopic (exact) mass is 691 g/mol. The van der Waals surface area contributed by atoms with Crippen molar-refractivity contribution in [3.05, 3.63) is 151 Å². The number of hydrogen-bond donors (Lipinski definition) is 0. The molecule has 0 unspecified atom stereocenters. The van der Waals surface area contributed by atoms with E-state index in [1.165, 1.54) is 91.5 Å². The van der Waals surface area contributed by atoms with E-state index in [4.69, 9.17) is 0 Å². The Labute approximate surface area is 311 Å². The fraction of sp³-hybridized carbons (Fsp3) is 0.200. The lowest BCUT2D eigenvalue weighted by molar-refractivity contribution is 0.587. The average Bonchev–Trinajstić information content (AvgIpc) is 3.55. The van der Waals surface area contributed by atoms with E-state index in [9.17, 15) is 0 Å². The number of rotatable bonds is 9. The first-order valence-electron chi connectivity index (χ1n) is 19.0. The molecule has 0 saturated carbocycles. The van der Waals surface area contributed by atoms with Gasteiger partial charge >= 0.3 is 0 Å². The summed E-state index contributed by atoms with van der Waals surface area (Å²) in [5.74, 6) is 1.17. The number of benzene rings is 8. The van der Waals surface area contributed by atoms with Crippen LogP contribution in [0, 0.1) is 11.8 Å². The molecule has 1 nitrogen and oxygen atoms in total. The molecule has 1 aromatic heterocycles. The van der Waals surface area contributed by atoms with Gasteiger partial charge in [-0.3, -0.25) is 0 Å². The van der Waals surface area contributed by atoms with E-state index >= 15 is 0 Å². The standard InChI is InChI=1S/C50H45NS/c1-32(2)25-28-44-39-19-7-5-15-35(39)37-17-9-11-22-42(37)49(44)51(34-27-30-48-46(31-34)41-21-13-14-24-47(41)52-48)50-43-23-12-10-18-38(43)36-16-6-8-20-40(36)45(50)29-26-33(3)4/h5-24,27,30-33H,25-26,28-29H2,1-4H3. The highest BCUT2D eigenvalue weighted by atomic mass is 32.1. The topological polar surface area (TPSA) is 3.24 Å². The van der Waals surface area contributed by atoms with Crippen molar-refractivity contribution in [2.75, 3.05) is 4.90 Å². The van der Waals surface area contributed by atoms with Gasteiger partial charge < -0.3 is 4.90 Å². The lowest BCUT2D eigenvalue weighted by atomic mass is 9.87. The van der Waals surface area contributed by atoms with Crippen LogP contribution in [0.5, 0.6) is 0 Å². The SMILES string of the molecule is CC(C)CCc1c(N(c2ccc3sc4ccccc4c3c2)c2c(CCC(C)C)c3ccccc3c3ccccc23)c2ccccc2c2ccccc12. The third-order valence-electron chi connectivity index (χ3n) is 11.0. The Balaban J connectivity index is 1.49. The number of nitrogens with zero attached hydrogens (tertiary/aromatic N) is 1. The molecule has 0 aliphatic rings. The fourth-order valence-corrected chi connectivity index (χ4v) is 9.58. The van der Waals surface area contributed by atoms with Gasteiger partial charge in [0, 0.05) is 36.6 Å². The molecule has 9 aromatic rings. The Bertz CT molecular complexity index is 2630. The van der Waals surface area contributed by atoms with Crippen molar-refractivity contribution >= 4 is 91.7 Å². The van der Waals surface area contributed by atoms with Gasteiger partial charge in [0.05, 0.1) is 11.4 Å². The Kier molecular flexibility index (Phi) is 8.44. The Hall–Kier alpha value is -5.18. The second-order valence-corrected chi connectivity index (χ2v) is 16.4. The number of anilines is 3. The second kappa shape index (κ2) is 13.4. The third-order valence-corrected chi connectivity index (χ3v) is 12.2. The van der Waals surface area contributed by atoms with Crippen LogP contribution >= 0.6 is 11.3 Å². The summed E-state index contributed by atoms with van der Waals surface area (Å²) in [4.78, 5) is 2.71. The van der Waals surface area contributed by atoms with Crippen LogP contribution in [-0.2, 0) is 12.8 Å². The van der Waals surface area contributed by atoms with Crippen LogP contribution in [0.3, 0.4) is 0 Å². The van der Waals surface area contributed by atoms with Gasteiger partial charge in [-0.15, -0.1) is 11.3 Å². The molecule has 9 rings (SSSR count). The summed E-state index contributed by atoms with van der Waals surface area (Å²) >= 11 is 1.89. The first-order valence-corrected chi connectivity index (χ1v) is 19.9. The highest BCUT2D eigenvalue weighted by Gasteiger charge is 2.28. The van der Waals surface area contributed by atoms with E-state index in [0.29, 0.717) is 11.8 Å². The lowest BCUT2D eigenvalue weighted by Crippen LogP contribution is -2.17. The first kappa shape index (κ1) is 32.7. The fourth-order valence-electron chi connectivity index (χ4n) is 8.50. The number of hydrogen-bond acceptors (Lipinski definition) is 2. The minimum Gasteiger partial charge on any atom is -0.309 e. The molecule has 0 spiro atoms. The molecule has 0 fully saturated rings. The van der Waals surface area contributed by atoms with Crippen LogP contribution in [0.2, 0.25) is 0 Å². The molecule has 256 valence electrons. The van der Waals surface area contributed by atoms with E-state index in [2.05, 4.69) is 172 Å². The van der Waals surface area contributed by atoms with Gasteiger partial charge in [-0.1, -0.05) is 143 Å². The Morgan fingerprint density at radius 3 is 1.27 bits per heavy atom. The van der Waals surface area contributed by atoms with Crippen LogP contribution in [-0.4, -0.2) is 0 Å². The molecular weight excluding hydrogens is 647 g/mol. The normalized spacial score (nSPS) is 12.1. The van der Waals surface area contributed by atoms with E-state index in [1.54, 1.807) is 0 Å². The molecule has 0 amide bonds. The van der Waals surface area contributed by atoms with Crippen molar-refractivity contribution in [3.63, 3.8) is 0 Å². The van der Waals surface area contributed by atoms with Crippen molar-refractivity contribution < 1.29 is 0 Å². The molecule has 0 N–H and O–H groups in total. The smallest absolute Gasteiger partial charge is 0.0578 e. The van der Waals surface area contributed by atoms with Crippen LogP contribution in [0.1, 0.15) is 51.7 Å². The summed E-state index contributed by atoms with van der Waals surface area (Å²) in [6.45, 7) is 9.43. The molecule has 0 bridgehead atoms. The summed E-state index contributed by atoms with van der Waals surface area (Å²) < 4.78 is 2.67. The lowest BCUT2D eigenvalue weighted by Gasteiger charge is -2.34. The molecule has 52 heavy (non-hydrogen) atoms. The van der Waals surface area contributed by atoms with E-state index < -0.39 is 0 Å². The highest BCUT2D eigenvalue weighted by Crippen LogP contribution is 2.51. The predicted molar refractivity (Wildman–Crippen MR) is 230 cm³/mol. The van der Waals surface area contributed by atoms with Crippen LogP contribution in [0.15, 0.2) is 140 Å². The summed E-state index contributed by atoms with van der Waals surface area (Å²) in [7, 11) is 0. The molecule has 0 aliphatic heterocycles. The van der Waals surface area contributed by atoms with Gasteiger partial charge in [-0.2, -0.15) is 0 Å². The highest BCUT2D eigenvalue weighted by molar-refractivity contribution is 7.25. The van der Waals surface area contributed by atoms with E-state index in [0.717, 1.165) is 25.7 Å². The van der Waals surface area contributed by atoms with Crippen molar-refractivity contribution in [1.29, 1.82) is 0 Å². The maximum absolute atomic E-state index is 2.71.